The molecule has 3 heterocycles. The number of carbonyl (C=O) groups is 1. The van der Waals surface area contributed by atoms with Gasteiger partial charge in [-0.3, -0.25) is 4.79 Å². The fourth-order valence-corrected chi connectivity index (χ4v) is 3.78. The summed E-state index contributed by atoms with van der Waals surface area (Å²) in [5.41, 5.74) is 0.919. The van der Waals surface area contributed by atoms with Gasteiger partial charge in [0.1, 0.15) is 17.9 Å². The molecule has 0 N–H and O–H groups in total. The van der Waals surface area contributed by atoms with Crippen molar-refractivity contribution >= 4 is 17.4 Å². The Labute approximate surface area is 141 Å². The molecular formula is C18H20N4O2. The first-order chi connectivity index (χ1) is 11.7. The summed E-state index contributed by atoms with van der Waals surface area (Å²) in [5.74, 6) is 1.90. The second-order valence-electron chi connectivity index (χ2n) is 6.60. The van der Waals surface area contributed by atoms with Crippen LogP contribution in [0.2, 0.25) is 0 Å². The van der Waals surface area contributed by atoms with Crippen molar-refractivity contribution in [2.45, 2.75) is 12.8 Å². The third-order valence-corrected chi connectivity index (χ3v) is 5.01. The molecule has 1 atom stereocenters. The summed E-state index contributed by atoms with van der Waals surface area (Å²) in [6, 6.07) is 9.64. The fourth-order valence-electron chi connectivity index (χ4n) is 3.78. The smallest absolute Gasteiger partial charge is 0.227 e. The second kappa shape index (κ2) is 5.78. The van der Waals surface area contributed by atoms with Crippen LogP contribution in [-0.4, -0.2) is 42.6 Å². The lowest BCUT2D eigenvalue weighted by Crippen LogP contribution is -2.31. The maximum absolute atomic E-state index is 12.6. The van der Waals surface area contributed by atoms with E-state index in [-0.39, 0.29) is 11.3 Å². The van der Waals surface area contributed by atoms with Crippen molar-refractivity contribution in [3.05, 3.63) is 42.9 Å². The molecule has 6 heteroatoms. The minimum absolute atomic E-state index is 0.00507. The van der Waals surface area contributed by atoms with Crippen LogP contribution in [-0.2, 0) is 4.79 Å². The summed E-state index contributed by atoms with van der Waals surface area (Å²) in [5, 5.41) is 0. The first-order valence-electron chi connectivity index (χ1n) is 8.15. The van der Waals surface area contributed by atoms with Gasteiger partial charge in [0.25, 0.3) is 0 Å². The molecule has 1 aromatic heterocycles. The molecule has 2 fully saturated rings. The van der Waals surface area contributed by atoms with Crippen molar-refractivity contribution in [2.24, 2.45) is 5.41 Å². The van der Waals surface area contributed by atoms with E-state index >= 15 is 0 Å². The fraction of sp³-hybridized carbons (Fsp3) is 0.389. The topological polar surface area (TPSA) is 58.6 Å². The summed E-state index contributed by atoms with van der Waals surface area (Å²) in [6.07, 6.45) is 4.92. The van der Waals surface area contributed by atoms with E-state index < -0.39 is 0 Å². The number of amides is 1. The Morgan fingerprint density at radius 1 is 1.25 bits per heavy atom. The molecule has 0 saturated carbocycles. The standard InChI is InChI=1S/C18H20N4O2/c1-24-15-4-2-3-14(9-15)22-12-18(10-17(22)23)6-8-21(11-18)16-5-7-19-13-20-16/h2-5,7,9,13H,6,8,10-12H2,1H3/t18-/m0/s1. The van der Waals surface area contributed by atoms with Crippen LogP contribution in [0.3, 0.4) is 0 Å². The van der Waals surface area contributed by atoms with Gasteiger partial charge in [0.15, 0.2) is 0 Å². The van der Waals surface area contributed by atoms with Gasteiger partial charge in [-0.1, -0.05) is 6.07 Å². The molecule has 4 rings (SSSR count). The van der Waals surface area contributed by atoms with Gasteiger partial charge in [0.05, 0.1) is 7.11 Å². The van der Waals surface area contributed by atoms with Gasteiger partial charge >= 0.3 is 0 Å². The molecule has 0 unspecified atom stereocenters. The van der Waals surface area contributed by atoms with E-state index in [1.165, 1.54) is 0 Å². The van der Waals surface area contributed by atoms with Gasteiger partial charge in [-0.25, -0.2) is 9.97 Å². The lowest BCUT2D eigenvalue weighted by Gasteiger charge is -2.24. The number of benzene rings is 1. The van der Waals surface area contributed by atoms with E-state index in [1.54, 1.807) is 19.6 Å². The number of carbonyl (C=O) groups excluding carboxylic acids is 1. The molecule has 6 nitrogen and oxygen atoms in total. The number of methoxy groups -OCH3 is 1. The Kier molecular flexibility index (Phi) is 3.59. The Balaban J connectivity index is 1.54. The number of nitrogens with zero attached hydrogens (tertiary/aromatic N) is 4. The number of anilines is 2. The zero-order chi connectivity index (χ0) is 16.6. The molecule has 1 aromatic carbocycles. The molecule has 1 spiro atoms. The van der Waals surface area contributed by atoms with Gasteiger partial charge in [-0.05, 0) is 24.6 Å². The summed E-state index contributed by atoms with van der Waals surface area (Å²) in [4.78, 5) is 25.1. The van der Waals surface area contributed by atoms with Crippen LogP contribution < -0.4 is 14.5 Å². The third-order valence-electron chi connectivity index (χ3n) is 5.01. The molecule has 0 radical (unpaired) electrons. The summed E-state index contributed by atoms with van der Waals surface area (Å²) in [7, 11) is 1.64. The molecule has 0 aliphatic carbocycles. The third kappa shape index (κ3) is 2.58. The quantitative estimate of drug-likeness (QED) is 0.865. The molecule has 2 aliphatic rings. The Morgan fingerprint density at radius 3 is 2.96 bits per heavy atom. The lowest BCUT2D eigenvalue weighted by molar-refractivity contribution is -0.117. The normalized spacial score (nSPS) is 23.3. The van der Waals surface area contributed by atoms with E-state index in [4.69, 9.17) is 4.74 Å². The van der Waals surface area contributed by atoms with Gasteiger partial charge in [0.2, 0.25) is 5.91 Å². The summed E-state index contributed by atoms with van der Waals surface area (Å²) < 4.78 is 5.28. The monoisotopic (exact) mass is 324 g/mol. The Bertz CT molecular complexity index is 752. The highest BCUT2D eigenvalue weighted by Gasteiger charge is 2.48. The van der Waals surface area contributed by atoms with Gasteiger partial charge in [0, 0.05) is 49.4 Å². The molecule has 2 aromatic rings. The number of ether oxygens (including phenoxy) is 1. The molecule has 2 saturated heterocycles. The number of aromatic nitrogens is 2. The van der Waals surface area contributed by atoms with Gasteiger partial charge in [-0.15, -0.1) is 0 Å². The number of hydrogen-bond donors (Lipinski definition) is 0. The first-order valence-corrected chi connectivity index (χ1v) is 8.15. The zero-order valence-corrected chi connectivity index (χ0v) is 13.7. The minimum atomic E-state index is 0.00507. The molecular weight excluding hydrogens is 304 g/mol. The van der Waals surface area contributed by atoms with E-state index in [0.717, 1.165) is 43.3 Å². The maximum Gasteiger partial charge on any atom is 0.227 e. The highest BCUT2D eigenvalue weighted by atomic mass is 16.5. The lowest BCUT2D eigenvalue weighted by atomic mass is 9.86. The predicted octanol–water partition coefficient (Wildman–Crippen LogP) is 2.12. The van der Waals surface area contributed by atoms with Crippen molar-refractivity contribution in [1.82, 2.24) is 9.97 Å². The number of hydrogen-bond acceptors (Lipinski definition) is 5. The highest BCUT2D eigenvalue weighted by Crippen LogP contribution is 2.43. The second-order valence-corrected chi connectivity index (χ2v) is 6.60. The van der Waals surface area contributed by atoms with Gasteiger partial charge < -0.3 is 14.5 Å². The summed E-state index contributed by atoms with van der Waals surface area (Å²) in [6.45, 7) is 2.53. The van der Waals surface area contributed by atoms with Crippen LogP contribution in [0.1, 0.15) is 12.8 Å². The van der Waals surface area contributed by atoms with Crippen LogP contribution >= 0.6 is 0 Å². The van der Waals surface area contributed by atoms with Crippen LogP contribution in [0, 0.1) is 5.41 Å². The maximum atomic E-state index is 12.6. The summed E-state index contributed by atoms with van der Waals surface area (Å²) >= 11 is 0. The zero-order valence-electron chi connectivity index (χ0n) is 13.7. The van der Waals surface area contributed by atoms with Crippen molar-refractivity contribution in [1.29, 1.82) is 0 Å². The number of rotatable bonds is 3. The largest absolute Gasteiger partial charge is 0.497 e. The molecule has 24 heavy (non-hydrogen) atoms. The average Bonchev–Trinajstić information content (AvgIpc) is 3.19. The molecule has 124 valence electrons. The van der Waals surface area contributed by atoms with E-state index in [2.05, 4.69) is 14.9 Å². The minimum Gasteiger partial charge on any atom is -0.497 e. The molecule has 2 aliphatic heterocycles. The van der Waals surface area contributed by atoms with Crippen molar-refractivity contribution in [3.63, 3.8) is 0 Å². The Hall–Kier alpha value is -2.63. The average molecular weight is 324 g/mol. The van der Waals surface area contributed by atoms with E-state index in [1.807, 2.05) is 35.2 Å². The predicted molar refractivity (Wildman–Crippen MR) is 91.3 cm³/mol. The van der Waals surface area contributed by atoms with Crippen LogP contribution in [0.5, 0.6) is 5.75 Å². The Morgan fingerprint density at radius 2 is 2.17 bits per heavy atom. The van der Waals surface area contributed by atoms with Crippen molar-refractivity contribution in [2.75, 3.05) is 36.5 Å². The molecule has 0 bridgehead atoms. The first kappa shape index (κ1) is 14.9. The van der Waals surface area contributed by atoms with Crippen molar-refractivity contribution < 1.29 is 9.53 Å². The van der Waals surface area contributed by atoms with Gasteiger partial charge in [-0.2, -0.15) is 0 Å². The van der Waals surface area contributed by atoms with Crippen molar-refractivity contribution in [3.8, 4) is 5.75 Å². The SMILES string of the molecule is COc1cccc(N2C[C@@]3(CCN(c4ccncn4)C3)CC2=O)c1. The van der Waals surface area contributed by atoms with Crippen LogP contribution in [0.4, 0.5) is 11.5 Å². The van der Waals surface area contributed by atoms with Crippen LogP contribution in [0.15, 0.2) is 42.9 Å². The highest BCUT2D eigenvalue weighted by molar-refractivity contribution is 5.96. The van der Waals surface area contributed by atoms with E-state index in [0.29, 0.717) is 6.42 Å². The molecule has 1 amide bonds. The van der Waals surface area contributed by atoms with Crippen LogP contribution in [0.25, 0.3) is 0 Å². The van der Waals surface area contributed by atoms with E-state index in [9.17, 15) is 4.79 Å².